The van der Waals surface area contributed by atoms with Gasteiger partial charge in [-0.1, -0.05) is 39.5 Å². The first kappa shape index (κ1) is 20.1. The summed E-state index contributed by atoms with van der Waals surface area (Å²) in [5.74, 6) is 0.489. The minimum atomic E-state index is -0.979. The van der Waals surface area contributed by atoms with Crippen molar-refractivity contribution in [3.05, 3.63) is 0 Å². The van der Waals surface area contributed by atoms with Crippen LogP contribution in [0.2, 0.25) is 0 Å². The molecule has 1 atom stereocenters. The van der Waals surface area contributed by atoms with E-state index in [-0.39, 0.29) is 6.03 Å². The lowest BCUT2D eigenvalue weighted by Crippen LogP contribution is -2.46. The van der Waals surface area contributed by atoms with Crippen LogP contribution in [0.15, 0.2) is 0 Å². The zero-order valence-corrected chi connectivity index (χ0v) is 14.3. The summed E-state index contributed by atoms with van der Waals surface area (Å²) in [6, 6.07) is -1.19. The molecule has 0 spiro atoms. The second kappa shape index (κ2) is 12.8. The molecule has 0 aromatic carbocycles. The summed E-state index contributed by atoms with van der Waals surface area (Å²) in [5.41, 5.74) is 0. The van der Waals surface area contributed by atoms with Crippen LogP contribution >= 0.6 is 11.8 Å². The average molecular weight is 318 g/mol. The number of hydrogen-bond acceptors (Lipinski definition) is 3. The fourth-order valence-electron chi connectivity index (χ4n) is 1.94. The molecule has 0 bridgehead atoms. The van der Waals surface area contributed by atoms with Gasteiger partial charge in [0.1, 0.15) is 6.04 Å². The van der Waals surface area contributed by atoms with E-state index in [1.807, 2.05) is 6.26 Å². The molecule has 0 saturated heterocycles. The van der Waals surface area contributed by atoms with Crippen LogP contribution in [0.25, 0.3) is 0 Å². The van der Waals surface area contributed by atoms with Crippen LogP contribution in [0.3, 0.4) is 0 Å². The van der Waals surface area contributed by atoms with Gasteiger partial charge in [0.15, 0.2) is 0 Å². The van der Waals surface area contributed by atoms with Gasteiger partial charge in [0.25, 0.3) is 0 Å². The van der Waals surface area contributed by atoms with Gasteiger partial charge >= 0.3 is 12.0 Å². The van der Waals surface area contributed by atoms with E-state index in [9.17, 15) is 9.59 Å². The number of unbranched alkanes of at least 4 members (excludes halogenated alkanes) is 3. The molecular weight excluding hydrogens is 288 g/mol. The molecule has 0 aliphatic carbocycles. The van der Waals surface area contributed by atoms with E-state index < -0.39 is 12.0 Å². The molecule has 0 fully saturated rings. The highest BCUT2D eigenvalue weighted by atomic mass is 32.2. The Kier molecular flexibility index (Phi) is 12.2. The Bertz CT molecular complexity index is 299. The molecule has 2 amide bonds. The third-order valence-corrected chi connectivity index (χ3v) is 3.85. The number of hydrogen-bond donors (Lipinski definition) is 3. The van der Waals surface area contributed by atoms with Crippen LogP contribution in [0.1, 0.15) is 52.4 Å². The van der Waals surface area contributed by atoms with E-state index in [1.54, 1.807) is 11.8 Å². The second-order valence-electron chi connectivity index (χ2n) is 5.67. The number of rotatable bonds is 12. The number of aliphatic carboxylic acids is 1. The van der Waals surface area contributed by atoms with Gasteiger partial charge in [-0.15, -0.1) is 0 Å². The van der Waals surface area contributed by atoms with Crippen molar-refractivity contribution in [1.29, 1.82) is 0 Å². The van der Waals surface area contributed by atoms with E-state index in [2.05, 4.69) is 24.5 Å². The third kappa shape index (κ3) is 12.5. The molecule has 0 aliphatic rings. The third-order valence-electron chi connectivity index (χ3n) is 3.21. The highest BCUT2D eigenvalue weighted by molar-refractivity contribution is 7.98. The van der Waals surface area contributed by atoms with Crippen molar-refractivity contribution in [3.63, 3.8) is 0 Å². The van der Waals surface area contributed by atoms with Gasteiger partial charge in [-0.05, 0) is 30.8 Å². The fraction of sp³-hybridized carbons (Fsp3) is 0.867. The van der Waals surface area contributed by atoms with Crippen molar-refractivity contribution >= 4 is 23.8 Å². The van der Waals surface area contributed by atoms with Crippen molar-refractivity contribution in [2.45, 2.75) is 58.4 Å². The van der Waals surface area contributed by atoms with Crippen molar-refractivity contribution in [1.82, 2.24) is 10.6 Å². The SMILES string of the molecule is CSCC[C@@H](NC(=O)NCCCCCCC(C)C)C(=O)O. The Balaban J connectivity index is 3.66. The molecule has 0 saturated carbocycles. The minimum Gasteiger partial charge on any atom is -0.480 e. The number of urea groups is 1. The van der Waals surface area contributed by atoms with Gasteiger partial charge in [-0.25, -0.2) is 9.59 Å². The van der Waals surface area contributed by atoms with Gasteiger partial charge in [0.2, 0.25) is 0 Å². The second-order valence-corrected chi connectivity index (χ2v) is 6.65. The summed E-state index contributed by atoms with van der Waals surface area (Å²) >= 11 is 1.57. The highest BCUT2D eigenvalue weighted by Gasteiger charge is 2.18. The molecule has 0 radical (unpaired) electrons. The number of carboxylic acid groups (broad SMARTS) is 1. The smallest absolute Gasteiger partial charge is 0.326 e. The van der Waals surface area contributed by atoms with Crippen LogP contribution in [0.5, 0.6) is 0 Å². The largest absolute Gasteiger partial charge is 0.480 e. The lowest BCUT2D eigenvalue weighted by molar-refractivity contribution is -0.139. The van der Waals surface area contributed by atoms with E-state index in [0.29, 0.717) is 18.7 Å². The molecule has 0 rings (SSSR count). The van der Waals surface area contributed by atoms with Crippen LogP contribution in [-0.2, 0) is 4.79 Å². The Labute approximate surface area is 132 Å². The molecule has 124 valence electrons. The van der Waals surface area contributed by atoms with Gasteiger partial charge in [-0.2, -0.15) is 11.8 Å². The van der Waals surface area contributed by atoms with Crippen molar-refractivity contribution in [3.8, 4) is 0 Å². The van der Waals surface area contributed by atoms with E-state index in [0.717, 1.165) is 18.8 Å². The van der Waals surface area contributed by atoms with Crippen LogP contribution < -0.4 is 10.6 Å². The first-order chi connectivity index (χ1) is 9.97. The van der Waals surface area contributed by atoms with E-state index in [4.69, 9.17) is 5.11 Å². The van der Waals surface area contributed by atoms with Crippen LogP contribution in [0, 0.1) is 5.92 Å². The van der Waals surface area contributed by atoms with E-state index >= 15 is 0 Å². The maximum atomic E-state index is 11.6. The van der Waals surface area contributed by atoms with Crippen molar-refractivity contribution in [2.24, 2.45) is 5.92 Å². The van der Waals surface area contributed by atoms with Crippen molar-refractivity contribution in [2.75, 3.05) is 18.6 Å². The van der Waals surface area contributed by atoms with Gasteiger partial charge in [0.05, 0.1) is 0 Å². The van der Waals surface area contributed by atoms with Gasteiger partial charge in [-0.3, -0.25) is 0 Å². The number of nitrogens with one attached hydrogen (secondary N) is 2. The fourth-order valence-corrected chi connectivity index (χ4v) is 2.41. The number of carbonyl (C=O) groups is 2. The molecule has 5 nitrogen and oxygen atoms in total. The molecule has 0 unspecified atom stereocenters. The Morgan fingerprint density at radius 1 is 1.10 bits per heavy atom. The first-order valence-electron chi connectivity index (χ1n) is 7.73. The minimum absolute atomic E-state index is 0.384. The molecular formula is C15H30N2O3S. The van der Waals surface area contributed by atoms with Gasteiger partial charge in [0, 0.05) is 6.54 Å². The van der Waals surface area contributed by atoms with E-state index in [1.165, 1.54) is 19.3 Å². The number of amides is 2. The number of thioether (sulfide) groups is 1. The Hall–Kier alpha value is -0.910. The highest BCUT2D eigenvalue weighted by Crippen LogP contribution is 2.08. The normalized spacial score (nSPS) is 12.2. The summed E-state index contributed by atoms with van der Waals surface area (Å²) in [6.45, 7) is 5.05. The number of carbonyl (C=O) groups excluding carboxylic acids is 1. The average Bonchev–Trinajstić information content (AvgIpc) is 2.41. The summed E-state index contributed by atoms with van der Waals surface area (Å²) < 4.78 is 0. The monoisotopic (exact) mass is 318 g/mol. The quantitative estimate of drug-likeness (QED) is 0.483. The molecule has 3 N–H and O–H groups in total. The maximum Gasteiger partial charge on any atom is 0.326 e. The molecule has 6 heteroatoms. The topological polar surface area (TPSA) is 78.4 Å². The summed E-state index contributed by atoms with van der Waals surface area (Å²) in [6.07, 6.45) is 8.07. The molecule has 0 aliphatic heterocycles. The molecule has 0 aromatic rings. The number of carboxylic acids is 1. The summed E-state index contributed by atoms with van der Waals surface area (Å²) in [4.78, 5) is 22.6. The van der Waals surface area contributed by atoms with Crippen LogP contribution in [0.4, 0.5) is 4.79 Å². The van der Waals surface area contributed by atoms with Crippen molar-refractivity contribution < 1.29 is 14.7 Å². The summed E-state index contributed by atoms with van der Waals surface area (Å²) in [7, 11) is 0. The Morgan fingerprint density at radius 3 is 2.33 bits per heavy atom. The lowest BCUT2D eigenvalue weighted by Gasteiger charge is -2.14. The zero-order chi connectivity index (χ0) is 16.1. The lowest BCUT2D eigenvalue weighted by atomic mass is 10.0. The first-order valence-corrected chi connectivity index (χ1v) is 9.12. The van der Waals surface area contributed by atoms with Gasteiger partial charge < -0.3 is 15.7 Å². The predicted molar refractivity (Wildman–Crippen MR) is 88.9 cm³/mol. The standard InChI is InChI=1S/C15H30N2O3S/c1-12(2)8-6-4-5-7-10-16-15(20)17-13(14(18)19)9-11-21-3/h12-13H,4-11H2,1-3H3,(H,18,19)(H2,16,17,20)/t13-/m1/s1. The zero-order valence-electron chi connectivity index (χ0n) is 13.5. The summed E-state index contributed by atoms with van der Waals surface area (Å²) in [5, 5.41) is 14.2. The van der Waals surface area contributed by atoms with Crippen LogP contribution in [-0.4, -0.2) is 41.7 Å². The molecule has 0 aromatic heterocycles. The molecule has 0 heterocycles. The maximum absolute atomic E-state index is 11.6. The predicted octanol–water partition coefficient (Wildman–Crippen LogP) is 3.10. The molecule has 21 heavy (non-hydrogen) atoms. The Morgan fingerprint density at radius 2 is 1.76 bits per heavy atom.